The first-order valence-corrected chi connectivity index (χ1v) is 6.85. The summed E-state index contributed by atoms with van der Waals surface area (Å²) in [6.07, 6.45) is 1.63. The molecule has 108 valence electrons. The fourth-order valence-electron chi connectivity index (χ4n) is 2.60. The van der Waals surface area contributed by atoms with E-state index in [9.17, 15) is 0 Å². The van der Waals surface area contributed by atoms with Crippen LogP contribution in [0.25, 0.3) is 0 Å². The molecule has 0 aromatic carbocycles. The number of ether oxygens (including phenoxy) is 2. The Morgan fingerprint density at radius 1 is 1.37 bits per heavy atom. The van der Waals surface area contributed by atoms with E-state index in [1.807, 2.05) is 7.05 Å². The topological polar surface area (TPSA) is 69.4 Å². The largest absolute Gasteiger partial charge is 0.379 e. The molecule has 2 atom stereocenters. The molecule has 1 aliphatic heterocycles. The maximum atomic E-state index is 5.62. The van der Waals surface area contributed by atoms with Crippen LogP contribution in [0.4, 0.5) is 0 Å². The average molecular weight is 269 g/mol. The molecule has 0 amide bonds. The van der Waals surface area contributed by atoms with Crippen molar-refractivity contribution < 1.29 is 14.0 Å². The number of hydrogen-bond donors (Lipinski definition) is 1. The van der Waals surface area contributed by atoms with Crippen molar-refractivity contribution >= 4 is 0 Å². The molecule has 6 heteroatoms. The molecule has 6 nitrogen and oxygen atoms in total. The minimum Gasteiger partial charge on any atom is -0.379 e. The van der Waals surface area contributed by atoms with Crippen molar-refractivity contribution in [3.8, 4) is 0 Å². The molecular formula is C13H23N3O3. The Balaban J connectivity index is 2.23. The third kappa shape index (κ3) is 2.52. The van der Waals surface area contributed by atoms with Crippen molar-refractivity contribution in [2.75, 3.05) is 27.4 Å². The lowest BCUT2D eigenvalue weighted by atomic mass is 9.96. The standard InChI is InChI=1S/C13H23N3O3/c1-5-13(6-2,17-4)12-15-11(19-16-12)9-7-18-8-10(9)14-3/h9-10,14H,5-8H2,1-4H3. The summed E-state index contributed by atoms with van der Waals surface area (Å²) in [5.74, 6) is 1.39. The Hall–Kier alpha value is -0.980. The SMILES string of the molecule is CCC(CC)(OC)c1noc(C2COCC2NC)n1. The molecule has 2 heterocycles. The molecular weight excluding hydrogens is 246 g/mol. The highest BCUT2D eigenvalue weighted by Gasteiger charge is 2.37. The van der Waals surface area contributed by atoms with Crippen molar-refractivity contribution in [1.82, 2.24) is 15.5 Å². The van der Waals surface area contributed by atoms with E-state index in [1.165, 1.54) is 0 Å². The second-order valence-corrected chi connectivity index (χ2v) is 4.90. The lowest BCUT2D eigenvalue weighted by molar-refractivity contribution is -0.0306. The monoisotopic (exact) mass is 269 g/mol. The number of nitrogens with zero attached hydrogens (tertiary/aromatic N) is 2. The van der Waals surface area contributed by atoms with Crippen molar-refractivity contribution in [3.63, 3.8) is 0 Å². The number of methoxy groups -OCH3 is 1. The minimum atomic E-state index is -0.448. The van der Waals surface area contributed by atoms with Crippen LogP contribution >= 0.6 is 0 Å². The van der Waals surface area contributed by atoms with Crippen LogP contribution in [-0.2, 0) is 15.1 Å². The highest BCUT2D eigenvalue weighted by Crippen LogP contribution is 2.32. The van der Waals surface area contributed by atoms with E-state index in [-0.39, 0.29) is 12.0 Å². The summed E-state index contributed by atoms with van der Waals surface area (Å²) in [7, 11) is 3.61. The van der Waals surface area contributed by atoms with E-state index in [2.05, 4.69) is 29.3 Å². The highest BCUT2D eigenvalue weighted by molar-refractivity contribution is 5.07. The summed E-state index contributed by atoms with van der Waals surface area (Å²) >= 11 is 0. The highest BCUT2D eigenvalue weighted by atomic mass is 16.5. The van der Waals surface area contributed by atoms with Crippen molar-refractivity contribution in [1.29, 1.82) is 0 Å². The molecule has 1 saturated heterocycles. The van der Waals surface area contributed by atoms with Crippen molar-refractivity contribution in [2.45, 2.75) is 44.2 Å². The van der Waals surface area contributed by atoms with Gasteiger partial charge >= 0.3 is 0 Å². The zero-order valence-electron chi connectivity index (χ0n) is 12.1. The maximum absolute atomic E-state index is 5.62. The van der Waals surface area contributed by atoms with Gasteiger partial charge in [-0.25, -0.2) is 0 Å². The van der Waals surface area contributed by atoms with Crippen LogP contribution in [-0.4, -0.2) is 43.6 Å². The van der Waals surface area contributed by atoms with Gasteiger partial charge in [0.1, 0.15) is 5.60 Å². The van der Waals surface area contributed by atoms with Crippen molar-refractivity contribution in [2.24, 2.45) is 0 Å². The van der Waals surface area contributed by atoms with Crippen LogP contribution in [0.1, 0.15) is 44.3 Å². The quantitative estimate of drug-likeness (QED) is 0.842. The summed E-state index contributed by atoms with van der Waals surface area (Å²) in [6, 6.07) is 0.230. The Labute approximate surface area is 113 Å². The fourth-order valence-corrected chi connectivity index (χ4v) is 2.60. The molecule has 1 aliphatic rings. The molecule has 2 unspecified atom stereocenters. The number of nitrogens with one attached hydrogen (secondary N) is 1. The van der Waals surface area contributed by atoms with Gasteiger partial charge in [0.25, 0.3) is 0 Å². The van der Waals surface area contributed by atoms with E-state index in [0.717, 1.165) is 12.8 Å². The predicted molar refractivity (Wildman–Crippen MR) is 70.0 cm³/mol. The summed E-state index contributed by atoms with van der Waals surface area (Å²) in [5.41, 5.74) is -0.448. The lowest BCUT2D eigenvalue weighted by Gasteiger charge is -2.26. The molecule has 0 aliphatic carbocycles. The normalized spacial score (nSPS) is 24.0. The molecule has 1 aromatic rings. The molecule has 1 aromatic heterocycles. The number of likely N-dealkylation sites (N-methyl/N-ethyl adjacent to an activating group) is 1. The smallest absolute Gasteiger partial charge is 0.233 e. The van der Waals surface area contributed by atoms with Crippen molar-refractivity contribution in [3.05, 3.63) is 11.7 Å². The van der Waals surface area contributed by atoms with E-state index < -0.39 is 5.60 Å². The predicted octanol–water partition coefficient (Wildman–Crippen LogP) is 1.43. The average Bonchev–Trinajstić information content (AvgIpc) is 3.10. The molecule has 0 saturated carbocycles. The molecule has 0 bridgehead atoms. The first-order valence-electron chi connectivity index (χ1n) is 6.85. The van der Waals surface area contributed by atoms with Crippen LogP contribution in [0.5, 0.6) is 0 Å². The van der Waals surface area contributed by atoms with Gasteiger partial charge in [0.15, 0.2) is 0 Å². The van der Waals surface area contributed by atoms with Gasteiger partial charge in [0.05, 0.1) is 19.1 Å². The van der Waals surface area contributed by atoms with Crippen LogP contribution in [0, 0.1) is 0 Å². The second-order valence-electron chi connectivity index (χ2n) is 4.90. The molecule has 2 rings (SSSR count). The summed E-state index contributed by atoms with van der Waals surface area (Å²) in [4.78, 5) is 4.55. The van der Waals surface area contributed by atoms with E-state index >= 15 is 0 Å². The molecule has 0 radical (unpaired) electrons. The van der Waals surface area contributed by atoms with Gasteiger partial charge in [-0.05, 0) is 19.9 Å². The Morgan fingerprint density at radius 2 is 2.11 bits per heavy atom. The van der Waals surface area contributed by atoms with Gasteiger partial charge in [0.2, 0.25) is 11.7 Å². The second kappa shape index (κ2) is 5.98. The minimum absolute atomic E-state index is 0.120. The Morgan fingerprint density at radius 3 is 2.68 bits per heavy atom. The van der Waals surface area contributed by atoms with Gasteiger partial charge in [0, 0.05) is 13.2 Å². The zero-order chi connectivity index (χ0) is 13.9. The molecule has 1 N–H and O–H groups in total. The summed E-state index contributed by atoms with van der Waals surface area (Å²) < 4.78 is 16.5. The summed E-state index contributed by atoms with van der Waals surface area (Å²) in [6.45, 7) is 5.43. The van der Waals surface area contributed by atoms with Gasteiger partial charge in [-0.2, -0.15) is 4.98 Å². The Bertz CT molecular complexity index is 395. The molecule has 1 fully saturated rings. The summed E-state index contributed by atoms with van der Waals surface area (Å²) in [5, 5.41) is 7.34. The lowest BCUT2D eigenvalue weighted by Crippen LogP contribution is -2.31. The van der Waals surface area contributed by atoms with Crippen LogP contribution in [0.3, 0.4) is 0 Å². The number of hydrogen-bond acceptors (Lipinski definition) is 6. The van der Waals surface area contributed by atoms with Gasteiger partial charge in [-0.15, -0.1) is 0 Å². The van der Waals surface area contributed by atoms with Gasteiger partial charge < -0.3 is 19.3 Å². The molecule has 0 spiro atoms. The number of aromatic nitrogens is 2. The first kappa shape index (κ1) is 14.4. The number of rotatable bonds is 6. The first-order chi connectivity index (χ1) is 9.20. The van der Waals surface area contributed by atoms with Crippen LogP contribution < -0.4 is 5.32 Å². The van der Waals surface area contributed by atoms with E-state index in [4.69, 9.17) is 14.0 Å². The zero-order valence-corrected chi connectivity index (χ0v) is 12.1. The maximum Gasteiger partial charge on any atom is 0.233 e. The molecule has 19 heavy (non-hydrogen) atoms. The fraction of sp³-hybridized carbons (Fsp3) is 0.846. The van der Waals surface area contributed by atoms with E-state index in [0.29, 0.717) is 24.9 Å². The van der Waals surface area contributed by atoms with Crippen LogP contribution in [0.15, 0.2) is 4.52 Å². The third-order valence-electron chi connectivity index (χ3n) is 4.15. The van der Waals surface area contributed by atoms with Gasteiger partial charge in [-0.1, -0.05) is 19.0 Å². The van der Waals surface area contributed by atoms with E-state index in [1.54, 1.807) is 7.11 Å². The third-order valence-corrected chi connectivity index (χ3v) is 4.15. The Kier molecular flexibility index (Phi) is 4.54. The van der Waals surface area contributed by atoms with Crippen LogP contribution in [0.2, 0.25) is 0 Å². The van der Waals surface area contributed by atoms with Gasteiger partial charge in [-0.3, -0.25) is 0 Å².